The van der Waals surface area contributed by atoms with Gasteiger partial charge in [0.15, 0.2) is 11.5 Å². The van der Waals surface area contributed by atoms with Gasteiger partial charge < -0.3 is 9.47 Å². The first-order valence-corrected chi connectivity index (χ1v) is 5.34. The van der Waals surface area contributed by atoms with Gasteiger partial charge >= 0.3 is 13.0 Å². The number of halogens is 6. The molecule has 0 heterocycles. The molecule has 1 aromatic rings. The van der Waals surface area contributed by atoms with Crippen LogP contribution in [0.4, 0.5) is 22.0 Å². The van der Waals surface area contributed by atoms with Crippen LogP contribution in [0.25, 0.3) is 0 Å². The normalized spacial score (nSPS) is 11.7. The smallest absolute Gasteiger partial charge is 0.431 e. The molecular weight excluding hydrogens is 315 g/mol. The van der Waals surface area contributed by atoms with E-state index in [2.05, 4.69) is 25.4 Å². The third kappa shape index (κ3) is 4.37. The lowest BCUT2D eigenvalue weighted by Crippen LogP contribution is -2.18. The van der Waals surface area contributed by atoms with Crippen LogP contribution in [0.3, 0.4) is 0 Å². The molecule has 0 amide bonds. The highest BCUT2D eigenvalue weighted by Gasteiger charge is 2.33. The molecule has 0 N–H and O–H groups in total. The van der Waals surface area contributed by atoms with E-state index in [4.69, 9.17) is 0 Å². The first-order chi connectivity index (χ1) is 7.83. The zero-order valence-electron chi connectivity index (χ0n) is 8.10. The first-order valence-electron chi connectivity index (χ1n) is 4.22. The maximum absolute atomic E-state index is 12.1. The fraction of sp³-hybridized carbons (Fsp3) is 0.333. The zero-order chi connectivity index (χ0) is 13.1. The molecule has 0 aromatic heterocycles. The molecular formula is C9H6BrF5O2. The van der Waals surface area contributed by atoms with Crippen LogP contribution >= 0.6 is 15.9 Å². The van der Waals surface area contributed by atoms with Gasteiger partial charge in [0.25, 0.3) is 0 Å². The van der Waals surface area contributed by atoms with E-state index < -0.39 is 24.5 Å². The minimum atomic E-state index is -4.97. The van der Waals surface area contributed by atoms with Crippen LogP contribution in [-0.4, -0.2) is 13.0 Å². The fourth-order valence-corrected chi connectivity index (χ4v) is 1.54. The van der Waals surface area contributed by atoms with Crippen molar-refractivity contribution in [2.75, 3.05) is 0 Å². The van der Waals surface area contributed by atoms with Crippen LogP contribution < -0.4 is 9.47 Å². The van der Waals surface area contributed by atoms with Crippen molar-refractivity contribution in [3.05, 3.63) is 23.8 Å². The monoisotopic (exact) mass is 320 g/mol. The summed E-state index contributed by atoms with van der Waals surface area (Å²) in [7, 11) is 0. The lowest BCUT2D eigenvalue weighted by atomic mass is 10.2. The Balaban J connectivity index is 3.10. The highest BCUT2D eigenvalue weighted by Crippen LogP contribution is 2.36. The molecule has 2 nitrogen and oxygen atoms in total. The second-order valence-corrected chi connectivity index (χ2v) is 3.37. The molecule has 0 fully saturated rings. The Morgan fingerprint density at radius 2 is 1.88 bits per heavy atom. The molecule has 0 unspecified atom stereocenters. The van der Waals surface area contributed by atoms with Crippen LogP contribution in [0.1, 0.15) is 5.56 Å². The minimum Gasteiger partial charge on any atom is -0.431 e. The molecule has 0 aliphatic carbocycles. The van der Waals surface area contributed by atoms with Crippen molar-refractivity contribution in [2.45, 2.75) is 18.3 Å². The number of ether oxygens (including phenoxy) is 2. The predicted octanol–water partition coefficient (Wildman–Crippen LogP) is 4.08. The van der Waals surface area contributed by atoms with Gasteiger partial charge in [-0.2, -0.15) is 8.78 Å². The summed E-state index contributed by atoms with van der Waals surface area (Å²) in [5.41, 5.74) is 0.132. The van der Waals surface area contributed by atoms with E-state index in [1.54, 1.807) is 0 Å². The molecule has 1 aromatic carbocycles. The molecule has 0 saturated carbocycles. The Hall–Kier alpha value is -1.05. The van der Waals surface area contributed by atoms with E-state index in [0.717, 1.165) is 6.07 Å². The van der Waals surface area contributed by atoms with Gasteiger partial charge in [0.2, 0.25) is 0 Å². The Labute approximate surface area is 101 Å². The van der Waals surface area contributed by atoms with Crippen molar-refractivity contribution in [3.8, 4) is 11.5 Å². The van der Waals surface area contributed by atoms with Gasteiger partial charge in [0.1, 0.15) is 0 Å². The predicted molar refractivity (Wildman–Crippen MR) is 52.4 cm³/mol. The van der Waals surface area contributed by atoms with Crippen molar-refractivity contribution < 1.29 is 31.4 Å². The molecule has 1 rings (SSSR count). The Morgan fingerprint density at radius 1 is 1.24 bits per heavy atom. The topological polar surface area (TPSA) is 18.5 Å². The molecule has 0 saturated heterocycles. The number of alkyl halides is 6. The van der Waals surface area contributed by atoms with Crippen molar-refractivity contribution in [2.24, 2.45) is 0 Å². The molecule has 96 valence electrons. The van der Waals surface area contributed by atoms with E-state index in [1.165, 1.54) is 12.1 Å². The van der Waals surface area contributed by atoms with Gasteiger partial charge in [-0.05, 0) is 6.07 Å². The first kappa shape index (κ1) is 14.0. The molecule has 0 aliphatic heterocycles. The van der Waals surface area contributed by atoms with Crippen molar-refractivity contribution in [3.63, 3.8) is 0 Å². The molecule has 17 heavy (non-hydrogen) atoms. The SMILES string of the molecule is FC(F)Oc1c(CBr)cccc1OC(F)(F)F. The summed E-state index contributed by atoms with van der Waals surface area (Å²) in [5, 5.41) is 0.0596. The molecule has 0 aliphatic rings. The highest BCUT2D eigenvalue weighted by atomic mass is 79.9. The van der Waals surface area contributed by atoms with Crippen molar-refractivity contribution >= 4 is 15.9 Å². The van der Waals surface area contributed by atoms with E-state index in [-0.39, 0.29) is 10.9 Å². The molecule has 8 heteroatoms. The number of benzene rings is 1. The highest BCUT2D eigenvalue weighted by molar-refractivity contribution is 9.08. The van der Waals surface area contributed by atoms with Crippen LogP contribution in [0, 0.1) is 0 Å². The average molecular weight is 321 g/mol. The molecule has 0 spiro atoms. The Bertz CT molecular complexity index is 380. The van der Waals surface area contributed by atoms with Crippen LogP contribution in [0.5, 0.6) is 11.5 Å². The maximum Gasteiger partial charge on any atom is 0.573 e. The number of hydrogen-bond donors (Lipinski definition) is 0. The lowest BCUT2D eigenvalue weighted by molar-refractivity contribution is -0.275. The summed E-state index contributed by atoms with van der Waals surface area (Å²) < 4.78 is 67.8. The van der Waals surface area contributed by atoms with Crippen molar-refractivity contribution in [1.29, 1.82) is 0 Å². The van der Waals surface area contributed by atoms with Gasteiger partial charge in [0, 0.05) is 10.9 Å². The molecule has 0 bridgehead atoms. The van der Waals surface area contributed by atoms with E-state index in [1.807, 2.05) is 0 Å². The van der Waals surface area contributed by atoms with E-state index in [0.29, 0.717) is 0 Å². The average Bonchev–Trinajstić information content (AvgIpc) is 2.17. The number of rotatable bonds is 4. The van der Waals surface area contributed by atoms with Gasteiger partial charge in [0.05, 0.1) is 0 Å². The number of hydrogen-bond acceptors (Lipinski definition) is 2. The van der Waals surface area contributed by atoms with Crippen LogP contribution in [0.15, 0.2) is 18.2 Å². The fourth-order valence-electron chi connectivity index (χ4n) is 1.09. The summed E-state index contributed by atoms with van der Waals surface area (Å²) in [6.45, 7) is -3.23. The third-order valence-electron chi connectivity index (χ3n) is 1.64. The summed E-state index contributed by atoms with van der Waals surface area (Å²) in [5.74, 6) is -1.42. The minimum absolute atomic E-state index is 0.0596. The van der Waals surface area contributed by atoms with Crippen LogP contribution in [-0.2, 0) is 5.33 Å². The Morgan fingerprint density at radius 3 is 2.35 bits per heavy atom. The van der Waals surface area contributed by atoms with Crippen molar-refractivity contribution in [1.82, 2.24) is 0 Å². The molecule has 0 atom stereocenters. The van der Waals surface area contributed by atoms with Gasteiger partial charge in [-0.15, -0.1) is 13.2 Å². The van der Waals surface area contributed by atoms with Gasteiger partial charge in [-0.3, -0.25) is 0 Å². The maximum atomic E-state index is 12.1. The summed E-state index contributed by atoms with van der Waals surface area (Å²) >= 11 is 2.95. The molecule has 0 radical (unpaired) electrons. The number of para-hydroxylation sites is 1. The summed E-state index contributed by atoms with van der Waals surface area (Å²) in [6.07, 6.45) is -4.97. The van der Waals surface area contributed by atoms with E-state index in [9.17, 15) is 22.0 Å². The second kappa shape index (κ2) is 5.52. The summed E-state index contributed by atoms with van der Waals surface area (Å²) in [6, 6.07) is 3.49. The quantitative estimate of drug-likeness (QED) is 0.614. The Kier molecular flexibility index (Phi) is 4.55. The zero-order valence-corrected chi connectivity index (χ0v) is 9.69. The largest absolute Gasteiger partial charge is 0.573 e. The lowest BCUT2D eigenvalue weighted by Gasteiger charge is -2.15. The van der Waals surface area contributed by atoms with Crippen LogP contribution in [0.2, 0.25) is 0 Å². The summed E-state index contributed by atoms with van der Waals surface area (Å²) in [4.78, 5) is 0. The standard InChI is InChI=1S/C9H6BrF5O2/c10-4-5-2-1-3-6(17-9(13,14)15)7(5)16-8(11)12/h1-3,8H,4H2. The second-order valence-electron chi connectivity index (χ2n) is 2.80. The third-order valence-corrected chi connectivity index (χ3v) is 2.24. The van der Waals surface area contributed by atoms with Gasteiger partial charge in [-0.1, -0.05) is 28.1 Å². The van der Waals surface area contributed by atoms with E-state index >= 15 is 0 Å². The van der Waals surface area contributed by atoms with Gasteiger partial charge in [-0.25, -0.2) is 0 Å².